The number of aliphatic hydroxyl groups excluding tert-OH is 1. The van der Waals surface area contributed by atoms with Gasteiger partial charge in [0.05, 0.1) is 59.4 Å². The number of ether oxygens (including phenoxy) is 10. The molecule has 0 aromatic heterocycles. The number of carbonyl (C=O) groups excluding carboxylic acids is 2. The summed E-state index contributed by atoms with van der Waals surface area (Å²) in [6, 6.07) is 23.8. The molecule has 2 aliphatic heterocycles. The van der Waals surface area contributed by atoms with E-state index < -0.39 is 69.5 Å². The second-order valence-electron chi connectivity index (χ2n) is 13.9. The van der Waals surface area contributed by atoms with E-state index >= 15 is 0 Å². The molecular weight excluding hydrogens is 757 g/mol. The Morgan fingerprint density at radius 2 is 1.16 bits per heavy atom. The summed E-state index contributed by atoms with van der Waals surface area (Å²) in [5.41, 5.74) is 1.94. The highest BCUT2D eigenvalue weighted by Gasteiger charge is 2.52. The second kappa shape index (κ2) is 21.1. The Hall–Kier alpha value is -4.06. The topological polar surface area (TPSA) is 156 Å². The van der Waals surface area contributed by atoms with Gasteiger partial charge in [0.25, 0.3) is 0 Å². The molecule has 2 heterocycles. The van der Waals surface area contributed by atoms with E-state index in [0.717, 1.165) is 29.3 Å². The van der Waals surface area contributed by atoms with Gasteiger partial charge in [0.2, 0.25) is 0 Å². The molecule has 57 heavy (non-hydrogen) atoms. The van der Waals surface area contributed by atoms with Crippen LogP contribution in [0, 0.1) is 0 Å². The molecule has 3 aromatic carbocycles. The Bertz CT molecular complexity index is 1680. The van der Waals surface area contributed by atoms with E-state index in [-0.39, 0.29) is 32.0 Å². The summed E-state index contributed by atoms with van der Waals surface area (Å²) in [7, 11) is 2.41. The van der Waals surface area contributed by atoms with Crippen LogP contribution in [-0.2, 0) is 55.6 Å². The van der Waals surface area contributed by atoms with Crippen molar-refractivity contribution in [1.82, 2.24) is 0 Å². The Balaban J connectivity index is 1.52. The lowest BCUT2D eigenvalue weighted by Gasteiger charge is -2.47. The lowest BCUT2D eigenvalue weighted by molar-refractivity contribution is -0.334. The maximum atomic E-state index is 14.0. The van der Waals surface area contributed by atoms with E-state index in [4.69, 9.17) is 51.8 Å². The molecular formula is C42H56O14Si. The van der Waals surface area contributed by atoms with Gasteiger partial charge in [-0.3, -0.25) is 4.79 Å². The van der Waals surface area contributed by atoms with Crippen LogP contribution >= 0.6 is 0 Å². The molecule has 0 unspecified atom stereocenters. The summed E-state index contributed by atoms with van der Waals surface area (Å²) in [5.74, 6) is 0.619. The van der Waals surface area contributed by atoms with Gasteiger partial charge in [0.1, 0.15) is 35.6 Å². The van der Waals surface area contributed by atoms with Crippen LogP contribution in [0.2, 0.25) is 18.1 Å². The standard InChI is InChI=1S/C42H56O14Si/c1-8-57(9-2,10-3)56-35-26-51-41(45)38(53-27(4)43)37(35)55-42-39(54-40(44)30-15-21-33(48-7)22-16-30)36(50-24-29-13-19-32(47-6)20-14-29)34(25-52-42)49-23-28-11-17-31(46-5)18-12-28/h11-22,34-39,41-42,45H,8-10,23-26H2,1-7H3/t34-,35+,36+,37+,38-,39-,41+,42+/m1/s1. The average molecular weight is 813 g/mol. The summed E-state index contributed by atoms with van der Waals surface area (Å²) in [6.45, 7) is 7.73. The monoisotopic (exact) mass is 812 g/mol. The lowest BCUT2D eigenvalue weighted by Crippen LogP contribution is -2.63. The normalized spacial score (nSPS) is 25.0. The van der Waals surface area contributed by atoms with Gasteiger partial charge in [-0.2, -0.15) is 0 Å². The lowest BCUT2D eigenvalue weighted by atomic mass is 10.0. The third kappa shape index (κ3) is 11.5. The molecule has 2 aliphatic rings. The van der Waals surface area contributed by atoms with Crippen LogP contribution in [-0.4, -0.2) is 109 Å². The van der Waals surface area contributed by atoms with Crippen LogP contribution in [0.4, 0.5) is 0 Å². The predicted molar refractivity (Wildman–Crippen MR) is 210 cm³/mol. The van der Waals surface area contributed by atoms with Gasteiger partial charge in [0, 0.05) is 6.92 Å². The van der Waals surface area contributed by atoms with Gasteiger partial charge in [-0.15, -0.1) is 0 Å². The number of esters is 2. The highest BCUT2D eigenvalue weighted by molar-refractivity contribution is 6.73. The Morgan fingerprint density at radius 1 is 0.649 bits per heavy atom. The zero-order valence-electron chi connectivity index (χ0n) is 33.8. The summed E-state index contributed by atoms with van der Waals surface area (Å²) < 4.78 is 66.7. The minimum atomic E-state index is -2.31. The fourth-order valence-corrected chi connectivity index (χ4v) is 9.75. The second-order valence-corrected chi connectivity index (χ2v) is 18.6. The number of aliphatic hydroxyl groups is 1. The summed E-state index contributed by atoms with van der Waals surface area (Å²) in [6.07, 6.45) is -8.89. The zero-order chi connectivity index (χ0) is 41.0. The molecule has 14 nitrogen and oxygen atoms in total. The van der Waals surface area contributed by atoms with E-state index in [9.17, 15) is 14.7 Å². The van der Waals surface area contributed by atoms with Crippen molar-refractivity contribution >= 4 is 20.3 Å². The molecule has 2 fully saturated rings. The van der Waals surface area contributed by atoms with Gasteiger partial charge in [-0.25, -0.2) is 4.79 Å². The van der Waals surface area contributed by atoms with Crippen LogP contribution in [0.5, 0.6) is 17.2 Å². The van der Waals surface area contributed by atoms with Gasteiger partial charge in [-0.05, 0) is 77.8 Å². The molecule has 5 rings (SSSR count). The van der Waals surface area contributed by atoms with Crippen molar-refractivity contribution in [2.45, 2.75) is 108 Å². The average Bonchev–Trinajstić information content (AvgIpc) is 3.24. The highest BCUT2D eigenvalue weighted by atomic mass is 28.4. The van der Waals surface area contributed by atoms with E-state index in [1.165, 1.54) is 14.0 Å². The van der Waals surface area contributed by atoms with Crippen molar-refractivity contribution in [2.24, 2.45) is 0 Å². The van der Waals surface area contributed by atoms with Crippen LogP contribution in [0.15, 0.2) is 72.8 Å². The molecule has 0 amide bonds. The van der Waals surface area contributed by atoms with Crippen molar-refractivity contribution in [3.63, 3.8) is 0 Å². The minimum absolute atomic E-state index is 0.0300. The fraction of sp³-hybridized carbons (Fsp3) is 0.524. The number of benzene rings is 3. The molecule has 0 bridgehead atoms. The van der Waals surface area contributed by atoms with Crippen molar-refractivity contribution < 1.29 is 66.5 Å². The molecule has 0 radical (unpaired) electrons. The summed E-state index contributed by atoms with van der Waals surface area (Å²) >= 11 is 0. The van der Waals surface area contributed by atoms with Crippen LogP contribution < -0.4 is 14.2 Å². The largest absolute Gasteiger partial charge is 0.497 e. The maximum absolute atomic E-state index is 14.0. The number of methoxy groups -OCH3 is 3. The van der Waals surface area contributed by atoms with Crippen LogP contribution in [0.25, 0.3) is 0 Å². The molecule has 0 saturated carbocycles. The molecule has 0 spiro atoms. The van der Waals surface area contributed by atoms with Gasteiger partial charge >= 0.3 is 11.9 Å². The number of carbonyl (C=O) groups is 2. The van der Waals surface area contributed by atoms with E-state index in [1.54, 1.807) is 38.5 Å². The van der Waals surface area contributed by atoms with E-state index in [0.29, 0.717) is 17.2 Å². The third-order valence-electron chi connectivity index (χ3n) is 10.5. The number of hydrogen-bond acceptors (Lipinski definition) is 14. The third-order valence-corrected chi connectivity index (χ3v) is 15.2. The van der Waals surface area contributed by atoms with Crippen molar-refractivity contribution in [1.29, 1.82) is 0 Å². The van der Waals surface area contributed by atoms with Gasteiger partial charge in [-0.1, -0.05) is 45.0 Å². The first-order valence-corrected chi connectivity index (χ1v) is 21.8. The minimum Gasteiger partial charge on any atom is -0.497 e. The van der Waals surface area contributed by atoms with Crippen LogP contribution in [0.3, 0.4) is 0 Å². The van der Waals surface area contributed by atoms with Crippen LogP contribution in [0.1, 0.15) is 49.2 Å². The van der Waals surface area contributed by atoms with E-state index in [2.05, 4.69) is 20.8 Å². The smallest absolute Gasteiger partial charge is 0.338 e. The van der Waals surface area contributed by atoms with Crippen molar-refractivity contribution in [3.8, 4) is 17.2 Å². The highest BCUT2D eigenvalue weighted by Crippen LogP contribution is 2.34. The van der Waals surface area contributed by atoms with Crippen molar-refractivity contribution in [2.75, 3.05) is 34.5 Å². The predicted octanol–water partition coefficient (Wildman–Crippen LogP) is 5.82. The molecule has 8 atom stereocenters. The Kier molecular flexibility index (Phi) is 16.3. The van der Waals surface area contributed by atoms with Gasteiger partial charge < -0.3 is 56.9 Å². The zero-order valence-corrected chi connectivity index (χ0v) is 34.8. The summed E-state index contributed by atoms with van der Waals surface area (Å²) in [4.78, 5) is 26.4. The number of rotatable bonds is 19. The molecule has 3 aromatic rings. The van der Waals surface area contributed by atoms with E-state index in [1.807, 2.05) is 48.5 Å². The first-order chi connectivity index (χ1) is 27.5. The molecule has 312 valence electrons. The first kappa shape index (κ1) is 44.0. The quantitative estimate of drug-likeness (QED) is 0.114. The van der Waals surface area contributed by atoms with Crippen molar-refractivity contribution in [3.05, 3.63) is 89.5 Å². The molecule has 0 aliphatic carbocycles. The fourth-order valence-electron chi connectivity index (χ4n) is 6.90. The molecule has 2 saturated heterocycles. The molecule has 15 heteroatoms. The Morgan fingerprint density at radius 3 is 1.67 bits per heavy atom. The summed E-state index contributed by atoms with van der Waals surface area (Å²) in [5, 5.41) is 11.0. The SMILES string of the molecule is CC[Si](CC)(CC)O[C@H]1CO[C@H](O)[C@H](OC(C)=O)[C@H]1O[C@@H]1OC[C@@H](OCc2ccc(OC)cc2)[C@H](OCc2ccc(OC)cc2)[C@H]1OC(=O)c1ccc(OC)cc1. The first-order valence-electron chi connectivity index (χ1n) is 19.3. The molecule has 1 N–H and O–H groups in total. The maximum Gasteiger partial charge on any atom is 0.338 e. The van der Waals surface area contributed by atoms with Gasteiger partial charge in [0.15, 0.2) is 33.1 Å². The number of hydrogen-bond donors (Lipinski definition) is 1. The Labute approximate surface area is 335 Å².